The van der Waals surface area contributed by atoms with Gasteiger partial charge in [0, 0.05) is 42.8 Å². The molecule has 67 heavy (non-hydrogen) atoms. The molecule has 0 radical (unpaired) electrons. The molecule has 1 aromatic heterocycles. The van der Waals surface area contributed by atoms with Crippen molar-refractivity contribution in [2.45, 2.75) is 95.0 Å². The van der Waals surface area contributed by atoms with Crippen molar-refractivity contribution in [1.29, 1.82) is 0 Å². The van der Waals surface area contributed by atoms with Crippen LogP contribution < -0.4 is 32.3 Å². The first-order valence-corrected chi connectivity index (χ1v) is 21.8. The maximum absolute atomic E-state index is 14.4. The van der Waals surface area contributed by atoms with Gasteiger partial charge in [-0.25, -0.2) is 4.79 Å². The number of carboxylic acid groups (broad SMARTS) is 2. The van der Waals surface area contributed by atoms with Gasteiger partial charge >= 0.3 is 11.9 Å². The monoisotopic (exact) mass is 919 g/mol. The summed E-state index contributed by atoms with van der Waals surface area (Å²) in [5.41, 5.74) is 9.74. The van der Waals surface area contributed by atoms with Crippen LogP contribution >= 0.6 is 0 Å². The second kappa shape index (κ2) is 24.0. The van der Waals surface area contributed by atoms with Crippen LogP contribution in [0.4, 0.5) is 0 Å². The van der Waals surface area contributed by atoms with Gasteiger partial charge in [0.25, 0.3) is 0 Å². The van der Waals surface area contributed by atoms with Gasteiger partial charge in [0.15, 0.2) is 0 Å². The Morgan fingerprint density at radius 1 is 0.537 bits per heavy atom. The Hall–Kier alpha value is -7.73. The number of rotatable bonds is 24. The van der Waals surface area contributed by atoms with Gasteiger partial charge in [0.2, 0.25) is 29.5 Å². The molecule has 0 aliphatic rings. The molecule has 18 nitrogen and oxygen atoms in total. The average Bonchev–Trinajstić information content (AvgIpc) is 3.70. The lowest BCUT2D eigenvalue weighted by Gasteiger charge is -2.28. The standard InChI is InChI=1S/C49H57N7O11/c1-28(2)22-39(46(63)52-38(20-21-43(59)60)45(62)56-42(49(66)67)25-31-14-18-34(58)19-15-31)54-48(65)41(23-29-8-4-3-5-9-29)55-47(64)40(24-30-12-16-33(57)17-13-30)53-44(61)36(50)26-32-27-51-37-11-7-6-10-35(32)37/h3-19,27-28,36,38-42,51,57-58H,20-26,50H2,1-2H3,(H,52,63)(H,53,61)(H,54,65)(H,55,64)(H,56,62)(H,59,60)(H,66,67)/t36-,38-,39-,40-,41-,42-/m0/s1. The number of carboxylic acids is 2. The molecule has 0 unspecified atom stereocenters. The smallest absolute Gasteiger partial charge is 0.326 e. The van der Waals surface area contributed by atoms with E-state index in [2.05, 4.69) is 31.6 Å². The SMILES string of the molecule is CC(C)C[C@H](NC(=O)[C@H](Cc1ccccc1)NC(=O)[C@H](Cc1ccc(O)cc1)NC(=O)[C@@H](N)Cc1c[nH]c2ccccc12)C(=O)N[C@@H](CCC(=O)O)C(=O)N[C@@H](Cc1ccc(O)cc1)C(=O)O. The van der Waals surface area contributed by atoms with E-state index in [-0.39, 0.29) is 49.5 Å². The van der Waals surface area contributed by atoms with Crippen molar-refractivity contribution in [2.75, 3.05) is 0 Å². The summed E-state index contributed by atoms with van der Waals surface area (Å²) in [7, 11) is 0. The highest BCUT2D eigenvalue weighted by atomic mass is 16.4. The molecule has 0 fully saturated rings. The molecule has 0 saturated heterocycles. The average molecular weight is 920 g/mol. The number of hydrogen-bond acceptors (Lipinski definition) is 10. The summed E-state index contributed by atoms with van der Waals surface area (Å²) in [6.07, 6.45) is 0.619. The third-order valence-corrected chi connectivity index (χ3v) is 11.0. The van der Waals surface area contributed by atoms with Gasteiger partial charge in [-0.1, -0.05) is 86.6 Å². The van der Waals surface area contributed by atoms with E-state index >= 15 is 0 Å². The fraction of sp³-hybridized carbons (Fsp3) is 0.327. The number of nitrogens with one attached hydrogen (secondary N) is 6. The first-order chi connectivity index (χ1) is 31.9. The zero-order valence-electron chi connectivity index (χ0n) is 37.1. The number of aromatic hydroxyl groups is 2. The van der Waals surface area contributed by atoms with Crippen LogP contribution in [0, 0.1) is 5.92 Å². The Bertz CT molecular complexity index is 2490. The van der Waals surface area contributed by atoms with E-state index in [0.29, 0.717) is 16.7 Å². The molecule has 6 atom stereocenters. The van der Waals surface area contributed by atoms with Gasteiger partial charge < -0.3 is 57.7 Å². The van der Waals surface area contributed by atoms with Gasteiger partial charge in [-0.15, -0.1) is 0 Å². The number of amides is 5. The van der Waals surface area contributed by atoms with Crippen LogP contribution in [-0.4, -0.2) is 103 Å². The molecule has 0 spiro atoms. The number of aromatic amines is 1. The van der Waals surface area contributed by atoms with Gasteiger partial charge in [-0.2, -0.15) is 0 Å². The van der Waals surface area contributed by atoms with Crippen molar-refractivity contribution in [1.82, 2.24) is 31.6 Å². The van der Waals surface area contributed by atoms with E-state index in [9.17, 15) is 54.0 Å². The molecule has 0 aliphatic carbocycles. The number of carbonyl (C=O) groups is 7. The highest BCUT2D eigenvalue weighted by molar-refractivity contribution is 5.97. The van der Waals surface area contributed by atoms with E-state index in [4.69, 9.17) is 5.73 Å². The molecular weight excluding hydrogens is 863 g/mol. The lowest BCUT2D eigenvalue weighted by molar-refractivity contribution is -0.143. The first-order valence-electron chi connectivity index (χ1n) is 21.8. The Kier molecular flexibility index (Phi) is 18.0. The maximum Gasteiger partial charge on any atom is 0.326 e. The highest BCUT2D eigenvalue weighted by Gasteiger charge is 2.34. The molecule has 5 rings (SSSR count). The summed E-state index contributed by atoms with van der Waals surface area (Å²) in [5.74, 6) is -7.02. The molecule has 0 aliphatic heterocycles. The predicted octanol–water partition coefficient (Wildman–Crippen LogP) is 2.60. The molecule has 5 amide bonds. The number of hydrogen-bond donors (Lipinski definition) is 11. The lowest BCUT2D eigenvalue weighted by Crippen LogP contribution is -2.60. The van der Waals surface area contributed by atoms with Crippen molar-refractivity contribution in [3.05, 3.63) is 132 Å². The summed E-state index contributed by atoms with van der Waals surface area (Å²) in [4.78, 5) is 97.1. The lowest BCUT2D eigenvalue weighted by atomic mass is 9.99. The number of phenolic OH excluding ortho intramolecular Hbond substituents is 2. The minimum atomic E-state index is -1.54. The molecule has 5 aromatic rings. The summed E-state index contributed by atoms with van der Waals surface area (Å²) in [6, 6.07) is 19.9. The first kappa shape index (κ1) is 50.3. The fourth-order valence-corrected chi connectivity index (χ4v) is 7.44. The number of phenols is 2. The zero-order valence-corrected chi connectivity index (χ0v) is 37.1. The maximum atomic E-state index is 14.4. The van der Waals surface area contributed by atoms with E-state index in [1.807, 2.05) is 24.3 Å². The largest absolute Gasteiger partial charge is 0.508 e. The summed E-state index contributed by atoms with van der Waals surface area (Å²) < 4.78 is 0. The second-order valence-corrected chi connectivity index (χ2v) is 16.8. The molecule has 18 heteroatoms. The quantitative estimate of drug-likeness (QED) is 0.0426. The number of nitrogens with two attached hydrogens (primary N) is 1. The van der Waals surface area contributed by atoms with Crippen LogP contribution in [-0.2, 0) is 59.2 Å². The van der Waals surface area contributed by atoms with Gasteiger partial charge in [0.05, 0.1) is 6.04 Å². The van der Waals surface area contributed by atoms with Crippen LogP contribution in [0.5, 0.6) is 11.5 Å². The van der Waals surface area contributed by atoms with Crippen LogP contribution in [0.25, 0.3) is 10.9 Å². The summed E-state index contributed by atoms with van der Waals surface area (Å²) in [5, 5.41) is 52.9. The Morgan fingerprint density at radius 2 is 0.985 bits per heavy atom. The molecular formula is C49H57N7O11. The van der Waals surface area contributed by atoms with E-state index in [1.54, 1.807) is 62.5 Å². The van der Waals surface area contributed by atoms with Crippen LogP contribution in [0.1, 0.15) is 55.4 Å². The van der Waals surface area contributed by atoms with Crippen LogP contribution in [0.15, 0.2) is 109 Å². The normalized spacial score (nSPS) is 13.9. The van der Waals surface area contributed by atoms with E-state index in [1.165, 1.54) is 36.4 Å². The van der Waals surface area contributed by atoms with E-state index < -0.39 is 90.6 Å². The van der Waals surface area contributed by atoms with Crippen LogP contribution in [0.2, 0.25) is 0 Å². The molecule has 0 saturated carbocycles. The molecule has 354 valence electrons. The molecule has 0 bridgehead atoms. The predicted molar refractivity (Wildman–Crippen MR) is 247 cm³/mol. The number of fused-ring (bicyclic) bond motifs is 1. The van der Waals surface area contributed by atoms with Gasteiger partial charge in [0.1, 0.15) is 41.7 Å². The number of para-hydroxylation sites is 1. The van der Waals surface area contributed by atoms with Gasteiger partial charge in [-0.05, 0) is 77.8 Å². The Morgan fingerprint density at radius 3 is 1.54 bits per heavy atom. The third kappa shape index (κ3) is 15.5. The number of aromatic nitrogens is 1. The Balaban J connectivity index is 1.36. The number of aliphatic carboxylic acids is 2. The third-order valence-electron chi connectivity index (χ3n) is 11.0. The molecule has 4 aromatic carbocycles. The molecule has 12 N–H and O–H groups in total. The minimum absolute atomic E-state index is 0.0157. The van der Waals surface area contributed by atoms with Crippen molar-refractivity contribution < 1.29 is 54.0 Å². The number of H-pyrrole nitrogens is 1. The number of carbonyl (C=O) groups excluding carboxylic acids is 5. The van der Waals surface area contributed by atoms with Crippen LogP contribution in [0.3, 0.4) is 0 Å². The highest BCUT2D eigenvalue weighted by Crippen LogP contribution is 2.20. The minimum Gasteiger partial charge on any atom is -0.508 e. The van der Waals surface area contributed by atoms with Crippen molar-refractivity contribution in [3.63, 3.8) is 0 Å². The molecule has 1 heterocycles. The fourth-order valence-electron chi connectivity index (χ4n) is 7.44. The van der Waals surface area contributed by atoms with Crippen molar-refractivity contribution in [3.8, 4) is 11.5 Å². The van der Waals surface area contributed by atoms with E-state index in [0.717, 1.165) is 16.5 Å². The Labute approximate surface area is 386 Å². The summed E-state index contributed by atoms with van der Waals surface area (Å²) in [6.45, 7) is 3.57. The van der Waals surface area contributed by atoms with Crippen molar-refractivity contribution >= 4 is 52.4 Å². The zero-order chi connectivity index (χ0) is 48.6. The van der Waals surface area contributed by atoms with Crippen molar-refractivity contribution in [2.24, 2.45) is 11.7 Å². The number of benzene rings is 4. The summed E-state index contributed by atoms with van der Waals surface area (Å²) >= 11 is 0. The van der Waals surface area contributed by atoms with Gasteiger partial charge in [-0.3, -0.25) is 28.8 Å². The second-order valence-electron chi connectivity index (χ2n) is 16.8. The topological polar surface area (TPSA) is 302 Å².